The van der Waals surface area contributed by atoms with Gasteiger partial charge in [-0.3, -0.25) is 4.79 Å². The Morgan fingerprint density at radius 3 is 2.72 bits per heavy atom. The number of aliphatic hydroxyl groups is 1. The average molecular weight is 348 g/mol. The Labute approximate surface area is 148 Å². The number of nitrogens with zero attached hydrogens (tertiary/aromatic N) is 1. The van der Waals surface area contributed by atoms with Crippen LogP contribution in [0.3, 0.4) is 0 Å². The number of ether oxygens (including phenoxy) is 2. The minimum atomic E-state index is -0.134. The van der Waals surface area contributed by atoms with E-state index in [-0.39, 0.29) is 23.3 Å². The quantitative estimate of drug-likeness (QED) is 0.814. The monoisotopic (exact) mass is 348 g/mol. The molecule has 1 aromatic carbocycles. The van der Waals surface area contributed by atoms with E-state index < -0.39 is 0 Å². The van der Waals surface area contributed by atoms with Crippen molar-refractivity contribution in [2.24, 2.45) is 22.5 Å². The van der Waals surface area contributed by atoms with Crippen LogP contribution in [0, 0.1) is 16.7 Å². The molecule has 1 amide bonds. The molecule has 1 aliphatic heterocycles. The van der Waals surface area contributed by atoms with E-state index >= 15 is 0 Å². The first-order valence-electron chi connectivity index (χ1n) is 8.78. The van der Waals surface area contributed by atoms with Crippen LogP contribution in [0.15, 0.2) is 18.2 Å². The summed E-state index contributed by atoms with van der Waals surface area (Å²) >= 11 is 0. The number of carbonyl (C=O) groups is 1. The van der Waals surface area contributed by atoms with E-state index in [1.807, 2.05) is 4.90 Å². The zero-order chi connectivity index (χ0) is 18.2. The van der Waals surface area contributed by atoms with E-state index in [4.69, 9.17) is 15.2 Å². The van der Waals surface area contributed by atoms with E-state index in [9.17, 15) is 9.90 Å². The number of rotatable bonds is 6. The molecule has 1 aliphatic carbocycles. The van der Waals surface area contributed by atoms with Gasteiger partial charge in [0.05, 0.1) is 13.7 Å². The van der Waals surface area contributed by atoms with Crippen LogP contribution in [0.1, 0.15) is 30.6 Å². The number of hydrogen-bond acceptors (Lipinski definition) is 5. The fraction of sp³-hybridized carbons (Fsp3) is 0.632. The standard InChI is InChI=1S/C19H28N2O4/c1-18(2)10-19(12-22)11-21(9-16(18)19)17(23)13-4-5-14(24-3)15(8-13)25-7-6-20/h4-5,8,16,22H,6-7,9-12,20H2,1-3H3/t16-,19-/m1/s1. The number of nitrogens with two attached hydrogens (primary N) is 1. The van der Waals surface area contributed by atoms with Crippen LogP contribution in [0.2, 0.25) is 0 Å². The lowest BCUT2D eigenvalue weighted by Gasteiger charge is -2.55. The van der Waals surface area contributed by atoms with E-state index in [0.29, 0.717) is 49.2 Å². The molecule has 2 aliphatic rings. The van der Waals surface area contributed by atoms with Crippen molar-refractivity contribution in [3.8, 4) is 11.5 Å². The van der Waals surface area contributed by atoms with Crippen LogP contribution in [0.25, 0.3) is 0 Å². The summed E-state index contributed by atoms with van der Waals surface area (Å²) in [6.07, 6.45) is 0.957. The van der Waals surface area contributed by atoms with Gasteiger partial charge in [0.15, 0.2) is 11.5 Å². The predicted molar refractivity (Wildman–Crippen MR) is 94.9 cm³/mol. The number of likely N-dealkylation sites (tertiary alicyclic amines) is 1. The molecule has 0 aromatic heterocycles. The molecule has 2 atom stereocenters. The highest BCUT2D eigenvalue weighted by atomic mass is 16.5. The molecule has 3 N–H and O–H groups in total. The summed E-state index contributed by atoms with van der Waals surface area (Å²) in [7, 11) is 1.57. The van der Waals surface area contributed by atoms with Crippen LogP contribution in [-0.2, 0) is 0 Å². The van der Waals surface area contributed by atoms with Gasteiger partial charge in [-0.1, -0.05) is 13.8 Å². The zero-order valence-corrected chi connectivity index (χ0v) is 15.2. The second-order valence-electron chi connectivity index (χ2n) is 7.93. The molecule has 2 fully saturated rings. The molecule has 0 bridgehead atoms. The average Bonchev–Trinajstić information content (AvgIpc) is 2.94. The summed E-state index contributed by atoms with van der Waals surface area (Å²) < 4.78 is 10.9. The first-order chi connectivity index (χ1) is 11.9. The van der Waals surface area contributed by atoms with Gasteiger partial charge in [0, 0.05) is 30.6 Å². The Morgan fingerprint density at radius 1 is 1.40 bits per heavy atom. The van der Waals surface area contributed by atoms with E-state index in [0.717, 1.165) is 6.42 Å². The molecular weight excluding hydrogens is 320 g/mol. The van der Waals surface area contributed by atoms with Gasteiger partial charge in [-0.25, -0.2) is 0 Å². The number of methoxy groups -OCH3 is 1. The van der Waals surface area contributed by atoms with Gasteiger partial charge < -0.3 is 25.2 Å². The SMILES string of the molecule is COc1ccc(C(=O)N2C[C@@H]3C(C)(C)C[C@]3(CO)C2)cc1OCCN. The maximum atomic E-state index is 13.0. The summed E-state index contributed by atoms with van der Waals surface area (Å²) in [5.74, 6) is 1.43. The second-order valence-corrected chi connectivity index (χ2v) is 7.93. The van der Waals surface area contributed by atoms with Crippen molar-refractivity contribution in [2.75, 3.05) is 40.0 Å². The molecule has 0 radical (unpaired) electrons. The second kappa shape index (κ2) is 6.50. The maximum absolute atomic E-state index is 13.0. The first-order valence-corrected chi connectivity index (χ1v) is 8.78. The van der Waals surface area contributed by atoms with Crippen molar-refractivity contribution in [3.63, 3.8) is 0 Å². The van der Waals surface area contributed by atoms with E-state index in [2.05, 4.69) is 13.8 Å². The lowest BCUT2D eigenvalue weighted by atomic mass is 9.48. The zero-order valence-electron chi connectivity index (χ0n) is 15.2. The van der Waals surface area contributed by atoms with Crippen LogP contribution in [-0.4, -0.2) is 55.9 Å². The lowest BCUT2D eigenvalue weighted by Crippen LogP contribution is -2.54. The van der Waals surface area contributed by atoms with Crippen molar-refractivity contribution in [1.29, 1.82) is 0 Å². The van der Waals surface area contributed by atoms with Gasteiger partial charge >= 0.3 is 0 Å². The molecule has 1 heterocycles. The summed E-state index contributed by atoms with van der Waals surface area (Å²) in [4.78, 5) is 14.8. The van der Waals surface area contributed by atoms with Crippen molar-refractivity contribution in [1.82, 2.24) is 4.90 Å². The molecule has 6 heteroatoms. The Balaban J connectivity index is 1.80. The van der Waals surface area contributed by atoms with Gasteiger partial charge in [0.25, 0.3) is 5.91 Å². The molecule has 3 rings (SSSR count). The number of aliphatic hydroxyl groups excluding tert-OH is 1. The Bertz CT molecular complexity index is 661. The van der Waals surface area contributed by atoms with E-state index in [1.165, 1.54) is 0 Å². The molecule has 138 valence electrons. The number of benzene rings is 1. The largest absolute Gasteiger partial charge is 0.493 e. The Hall–Kier alpha value is -1.79. The normalized spacial score (nSPS) is 26.8. The third-order valence-electron chi connectivity index (χ3n) is 5.79. The number of fused-ring (bicyclic) bond motifs is 1. The molecular formula is C19H28N2O4. The Kier molecular flexibility index (Phi) is 4.68. The predicted octanol–water partition coefficient (Wildman–Crippen LogP) is 1.51. The fourth-order valence-corrected chi connectivity index (χ4v) is 4.77. The van der Waals surface area contributed by atoms with Crippen LogP contribution < -0.4 is 15.2 Å². The highest BCUT2D eigenvalue weighted by molar-refractivity contribution is 5.95. The molecule has 1 aromatic rings. The number of carbonyl (C=O) groups excluding carboxylic acids is 1. The van der Waals surface area contributed by atoms with Gasteiger partial charge in [0.2, 0.25) is 0 Å². The maximum Gasteiger partial charge on any atom is 0.254 e. The smallest absolute Gasteiger partial charge is 0.254 e. The third-order valence-corrected chi connectivity index (χ3v) is 5.79. The summed E-state index contributed by atoms with van der Waals surface area (Å²) in [6.45, 7) is 6.62. The Morgan fingerprint density at radius 2 is 2.16 bits per heavy atom. The van der Waals surface area contributed by atoms with Gasteiger partial charge in [-0.15, -0.1) is 0 Å². The van der Waals surface area contributed by atoms with Crippen molar-refractivity contribution >= 4 is 5.91 Å². The van der Waals surface area contributed by atoms with Crippen molar-refractivity contribution in [2.45, 2.75) is 20.3 Å². The third kappa shape index (κ3) is 2.98. The van der Waals surface area contributed by atoms with Crippen molar-refractivity contribution in [3.05, 3.63) is 23.8 Å². The molecule has 1 saturated heterocycles. The summed E-state index contributed by atoms with van der Waals surface area (Å²) in [5, 5.41) is 9.87. The van der Waals surface area contributed by atoms with Gasteiger partial charge in [-0.2, -0.15) is 0 Å². The molecule has 25 heavy (non-hydrogen) atoms. The molecule has 0 spiro atoms. The van der Waals surface area contributed by atoms with Crippen LogP contribution in [0.4, 0.5) is 0 Å². The highest BCUT2D eigenvalue weighted by Crippen LogP contribution is 2.62. The topological polar surface area (TPSA) is 85.0 Å². The van der Waals surface area contributed by atoms with Crippen LogP contribution in [0.5, 0.6) is 11.5 Å². The molecule has 6 nitrogen and oxygen atoms in total. The molecule has 1 saturated carbocycles. The van der Waals surface area contributed by atoms with Crippen LogP contribution >= 0.6 is 0 Å². The number of amides is 1. The van der Waals surface area contributed by atoms with Crippen molar-refractivity contribution < 1.29 is 19.4 Å². The van der Waals surface area contributed by atoms with E-state index in [1.54, 1.807) is 25.3 Å². The highest BCUT2D eigenvalue weighted by Gasteiger charge is 2.63. The fourth-order valence-electron chi connectivity index (χ4n) is 4.77. The van der Waals surface area contributed by atoms with Gasteiger partial charge in [-0.05, 0) is 36.0 Å². The first kappa shape index (κ1) is 18.0. The van der Waals surface area contributed by atoms with Gasteiger partial charge in [0.1, 0.15) is 6.61 Å². The summed E-state index contributed by atoms with van der Waals surface area (Å²) in [5.41, 5.74) is 6.10. The summed E-state index contributed by atoms with van der Waals surface area (Å²) in [6, 6.07) is 5.22. The lowest BCUT2D eigenvalue weighted by molar-refractivity contribution is -0.0976. The molecule has 0 unspecified atom stereocenters. The number of hydrogen-bond donors (Lipinski definition) is 2. The minimum absolute atomic E-state index is 0.0294. The minimum Gasteiger partial charge on any atom is -0.493 e.